The van der Waals surface area contributed by atoms with E-state index < -0.39 is 5.91 Å². The maximum Gasteiger partial charge on any atom is 0.250 e. The van der Waals surface area contributed by atoms with E-state index in [-0.39, 0.29) is 0 Å². The fourth-order valence-corrected chi connectivity index (χ4v) is 2.63. The monoisotopic (exact) mass is 273 g/mol. The Balaban J connectivity index is 2.23. The number of carbonyl (C=O) groups excluding carboxylic acids is 1. The predicted molar refractivity (Wildman–Crippen MR) is 83.1 cm³/mol. The lowest BCUT2D eigenvalue weighted by Gasteiger charge is -2.06. The Hall–Kier alpha value is -3.01. The van der Waals surface area contributed by atoms with E-state index in [9.17, 15) is 4.79 Å². The molecule has 0 radical (unpaired) electrons. The van der Waals surface area contributed by atoms with Crippen LogP contribution < -0.4 is 5.73 Å². The van der Waals surface area contributed by atoms with E-state index in [1.807, 2.05) is 42.5 Å². The summed E-state index contributed by atoms with van der Waals surface area (Å²) in [7, 11) is 0. The van der Waals surface area contributed by atoms with Crippen molar-refractivity contribution in [3.63, 3.8) is 0 Å². The molecule has 0 unspecified atom stereocenters. The summed E-state index contributed by atoms with van der Waals surface area (Å²) in [5, 5.41) is 2.11. The molecule has 0 fully saturated rings. The van der Waals surface area contributed by atoms with E-state index in [0.717, 1.165) is 21.8 Å². The van der Waals surface area contributed by atoms with Crippen LogP contribution in [0.4, 0.5) is 0 Å². The van der Waals surface area contributed by atoms with Crippen molar-refractivity contribution in [3.05, 3.63) is 60.2 Å². The molecule has 0 aliphatic heterocycles. The second-order valence-electron chi connectivity index (χ2n) is 4.92. The van der Waals surface area contributed by atoms with Gasteiger partial charge in [-0.2, -0.15) is 0 Å². The lowest BCUT2D eigenvalue weighted by atomic mass is 10.1. The van der Waals surface area contributed by atoms with E-state index >= 15 is 0 Å². The molecule has 0 aliphatic carbocycles. The van der Waals surface area contributed by atoms with Crippen molar-refractivity contribution in [2.45, 2.75) is 0 Å². The van der Waals surface area contributed by atoms with E-state index in [1.54, 1.807) is 12.1 Å². The second-order valence-corrected chi connectivity index (χ2v) is 4.92. The van der Waals surface area contributed by atoms with Crippen LogP contribution in [-0.2, 0) is 0 Å². The molecule has 0 spiro atoms. The number of primary amides is 1. The van der Waals surface area contributed by atoms with Gasteiger partial charge in [0.05, 0.1) is 22.1 Å². The normalized spacial score (nSPS) is 11.2. The zero-order chi connectivity index (χ0) is 14.4. The number of nitrogens with two attached hydrogens (primary N) is 1. The van der Waals surface area contributed by atoms with Crippen molar-refractivity contribution in [2.24, 2.45) is 5.73 Å². The van der Waals surface area contributed by atoms with Crippen LogP contribution in [0.5, 0.6) is 0 Å². The van der Waals surface area contributed by atoms with Crippen LogP contribution in [0, 0.1) is 0 Å². The van der Waals surface area contributed by atoms with Gasteiger partial charge in [-0.1, -0.05) is 36.4 Å². The molecule has 0 atom stereocenters. The number of amides is 1. The van der Waals surface area contributed by atoms with Crippen LogP contribution in [0.3, 0.4) is 0 Å². The Morgan fingerprint density at radius 1 is 0.810 bits per heavy atom. The maximum absolute atomic E-state index is 11.6. The molecule has 1 heterocycles. The number of fused-ring (bicyclic) bond motifs is 4. The fourth-order valence-electron chi connectivity index (χ4n) is 2.63. The van der Waals surface area contributed by atoms with Gasteiger partial charge >= 0.3 is 0 Å². The van der Waals surface area contributed by atoms with Gasteiger partial charge in [0, 0.05) is 5.39 Å². The standard InChI is InChI=1S/C17H11N3O/c18-17(21)12-6-3-7-13-16(12)20-15-11-5-2-1-4-10(11)8-9-14(15)19-13/h1-9H,(H2,18,21). The molecule has 4 heteroatoms. The lowest BCUT2D eigenvalue weighted by molar-refractivity contribution is 0.100. The van der Waals surface area contributed by atoms with Crippen molar-refractivity contribution in [1.82, 2.24) is 9.97 Å². The summed E-state index contributed by atoms with van der Waals surface area (Å²) < 4.78 is 0. The molecule has 4 nitrogen and oxygen atoms in total. The minimum absolute atomic E-state index is 0.398. The number of benzene rings is 3. The zero-order valence-electron chi connectivity index (χ0n) is 11.1. The minimum atomic E-state index is -0.491. The first kappa shape index (κ1) is 11.8. The SMILES string of the molecule is NC(=O)c1cccc2nc3ccc4ccccc4c3nc12. The summed E-state index contributed by atoms with van der Waals surface area (Å²) in [4.78, 5) is 20.8. The summed E-state index contributed by atoms with van der Waals surface area (Å²) in [5.74, 6) is -0.491. The number of nitrogens with zero attached hydrogens (tertiary/aromatic N) is 2. The number of para-hydroxylation sites is 1. The average Bonchev–Trinajstić information content (AvgIpc) is 2.52. The molecule has 4 rings (SSSR count). The number of carbonyl (C=O) groups is 1. The summed E-state index contributed by atoms with van der Waals surface area (Å²) in [6.07, 6.45) is 0. The molecule has 0 bridgehead atoms. The summed E-state index contributed by atoms with van der Waals surface area (Å²) in [5.41, 5.74) is 8.65. The molecule has 1 aromatic heterocycles. The first-order chi connectivity index (χ1) is 10.2. The van der Waals surface area contributed by atoms with Crippen molar-refractivity contribution in [2.75, 3.05) is 0 Å². The number of rotatable bonds is 1. The van der Waals surface area contributed by atoms with Crippen molar-refractivity contribution in [3.8, 4) is 0 Å². The Morgan fingerprint density at radius 3 is 2.48 bits per heavy atom. The predicted octanol–water partition coefficient (Wildman–Crippen LogP) is 3.04. The number of hydrogen-bond donors (Lipinski definition) is 1. The number of hydrogen-bond acceptors (Lipinski definition) is 3. The largest absolute Gasteiger partial charge is 0.366 e. The Morgan fingerprint density at radius 2 is 1.62 bits per heavy atom. The van der Waals surface area contributed by atoms with Crippen molar-refractivity contribution in [1.29, 1.82) is 0 Å². The molecule has 21 heavy (non-hydrogen) atoms. The quantitative estimate of drug-likeness (QED) is 0.428. The van der Waals surface area contributed by atoms with Crippen LogP contribution in [0.2, 0.25) is 0 Å². The topological polar surface area (TPSA) is 68.9 Å². The molecular formula is C17H11N3O. The number of aromatic nitrogens is 2. The van der Waals surface area contributed by atoms with Crippen molar-refractivity contribution >= 4 is 38.7 Å². The first-order valence-electron chi connectivity index (χ1n) is 6.62. The van der Waals surface area contributed by atoms with Gasteiger partial charge < -0.3 is 5.73 Å². The summed E-state index contributed by atoms with van der Waals surface area (Å²) in [6.45, 7) is 0. The Bertz CT molecular complexity index is 1020. The van der Waals surface area contributed by atoms with Gasteiger partial charge in [0.25, 0.3) is 5.91 Å². The highest BCUT2D eigenvalue weighted by Crippen LogP contribution is 2.25. The minimum Gasteiger partial charge on any atom is -0.366 e. The fraction of sp³-hybridized carbons (Fsp3) is 0. The van der Waals surface area contributed by atoms with Crippen LogP contribution in [0.25, 0.3) is 32.8 Å². The average molecular weight is 273 g/mol. The van der Waals surface area contributed by atoms with Crippen LogP contribution in [-0.4, -0.2) is 15.9 Å². The van der Waals surface area contributed by atoms with E-state index in [0.29, 0.717) is 16.6 Å². The van der Waals surface area contributed by atoms with Gasteiger partial charge in [0.2, 0.25) is 0 Å². The van der Waals surface area contributed by atoms with E-state index in [4.69, 9.17) is 5.73 Å². The lowest BCUT2D eigenvalue weighted by Crippen LogP contribution is -2.12. The van der Waals surface area contributed by atoms with Gasteiger partial charge in [-0.05, 0) is 23.6 Å². The van der Waals surface area contributed by atoms with E-state index in [2.05, 4.69) is 9.97 Å². The first-order valence-corrected chi connectivity index (χ1v) is 6.62. The zero-order valence-corrected chi connectivity index (χ0v) is 11.1. The highest BCUT2D eigenvalue weighted by atomic mass is 16.1. The molecule has 2 N–H and O–H groups in total. The summed E-state index contributed by atoms with van der Waals surface area (Å²) >= 11 is 0. The van der Waals surface area contributed by atoms with Gasteiger partial charge in [-0.3, -0.25) is 4.79 Å². The third-order valence-corrected chi connectivity index (χ3v) is 3.62. The Labute approximate surface area is 120 Å². The molecule has 100 valence electrons. The van der Waals surface area contributed by atoms with Crippen LogP contribution in [0.15, 0.2) is 54.6 Å². The molecule has 0 saturated heterocycles. The second kappa shape index (κ2) is 4.24. The molecule has 0 saturated carbocycles. The smallest absolute Gasteiger partial charge is 0.250 e. The third-order valence-electron chi connectivity index (χ3n) is 3.62. The molecule has 3 aromatic carbocycles. The van der Waals surface area contributed by atoms with Gasteiger partial charge in [-0.15, -0.1) is 0 Å². The Kier molecular flexibility index (Phi) is 2.38. The van der Waals surface area contributed by atoms with Gasteiger partial charge in [0.15, 0.2) is 0 Å². The molecule has 0 aliphatic rings. The highest BCUT2D eigenvalue weighted by Gasteiger charge is 2.11. The molecule has 4 aromatic rings. The van der Waals surface area contributed by atoms with Gasteiger partial charge in [-0.25, -0.2) is 9.97 Å². The van der Waals surface area contributed by atoms with Crippen molar-refractivity contribution < 1.29 is 4.79 Å². The van der Waals surface area contributed by atoms with Gasteiger partial charge in [0.1, 0.15) is 5.52 Å². The molecular weight excluding hydrogens is 262 g/mol. The summed E-state index contributed by atoms with van der Waals surface area (Å²) in [6, 6.07) is 17.2. The van der Waals surface area contributed by atoms with Crippen LogP contribution >= 0.6 is 0 Å². The third kappa shape index (κ3) is 1.73. The maximum atomic E-state index is 11.6. The molecule has 1 amide bonds. The highest BCUT2D eigenvalue weighted by molar-refractivity contribution is 6.09. The van der Waals surface area contributed by atoms with E-state index in [1.165, 1.54) is 0 Å². The van der Waals surface area contributed by atoms with Crippen LogP contribution in [0.1, 0.15) is 10.4 Å².